The molecule has 0 fully saturated rings. The second kappa shape index (κ2) is 7.92. The topological polar surface area (TPSA) is 104 Å². The molecule has 0 saturated heterocycles. The molecule has 1 aromatic carbocycles. The number of aromatic nitrogens is 4. The lowest BCUT2D eigenvalue weighted by Gasteiger charge is -2.19. The molecule has 0 aliphatic rings. The number of fused-ring (bicyclic) bond motifs is 1. The Morgan fingerprint density at radius 1 is 1.13 bits per heavy atom. The summed E-state index contributed by atoms with van der Waals surface area (Å²) in [6.07, 6.45) is 2.71. The SMILES string of the molecule is CN(c1ncccc1CNc1cccc(-c2nc3ccc(Cl)cc3[nH]2)n1)S(C)(=O)=O. The highest BCUT2D eigenvalue weighted by Crippen LogP contribution is 2.23. The normalized spacial score (nSPS) is 11.6. The van der Waals surface area contributed by atoms with E-state index in [9.17, 15) is 8.42 Å². The first-order valence-corrected chi connectivity index (χ1v) is 11.3. The van der Waals surface area contributed by atoms with E-state index in [1.54, 1.807) is 18.3 Å². The largest absolute Gasteiger partial charge is 0.366 e. The molecule has 154 valence electrons. The molecule has 8 nitrogen and oxygen atoms in total. The highest BCUT2D eigenvalue weighted by Gasteiger charge is 2.17. The minimum Gasteiger partial charge on any atom is -0.366 e. The third-order valence-electron chi connectivity index (χ3n) is 4.56. The van der Waals surface area contributed by atoms with Crippen molar-refractivity contribution in [2.75, 3.05) is 22.9 Å². The van der Waals surface area contributed by atoms with E-state index >= 15 is 0 Å². The minimum absolute atomic E-state index is 0.356. The van der Waals surface area contributed by atoms with Crippen LogP contribution in [0, 0.1) is 0 Å². The summed E-state index contributed by atoms with van der Waals surface area (Å²) in [5, 5.41) is 3.86. The molecule has 4 rings (SSSR count). The van der Waals surface area contributed by atoms with Crippen LogP contribution in [0.15, 0.2) is 54.7 Å². The lowest BCUT2D eigenvalue weighted by atomic mass is 10.2. The molecule has 10 heteroatoms. The number of pyridine rings is 2. The van der Waals surface area contributed by atoms with E-state index in [0.717, 1.165) is 27.2 Å². The fourth-order valence-corrected chi connectivity index (χ4v) is 3.61. The van der Waals surface area contributed by atoms with Gasteiger partial charge in [-0.05, 0) is 36.4 Å². The number of H-pyrrole nitrogens is 1. The molecule has 30 heavy (non-hydrogen) atoms. The van der Waals surface area contributed by atoms with Gasteiger partial charge in [-0.3, -0.25) is 4.31 Å². The van der Waals surface area contributed by atoms with E-state index in [1.807, 2.05) is 36.4 Å². The van der Waals surface area contributed by atoms with Gasteiger partial charge in [0.2, 0.25) is 10.0 Å². The Labute approximate surface area is 179 Å². The van der Waals surface area contributed by atoms with Crippen LogP contribution in [0.3, 0.4) is 0 Å². The van der Waals surface area contributed by atoms with Crippen molar-refractivity contribution in [2.45, 2.75) is 6.54 Å². The third kappa shape index (κ3) is 4.22. The maximum absolute atomic E-state index is 11.9. The van der Waals surface area contributed by atoms with Gasteiger partial charge in [-0.1, -0.05) is 23.7 Å². The summed E-state index contributed by atoms with van der Waals surface area (Å²) in [5.41, 5.74) is 3.04. The van der Waals surface area contributed by atoms with Crippen LogP contribution >= 0.6 is 11.6 Å². The fraction of sp³-hybridized carbons (Fsp3) is 0.150. The van der Waals surface area contributed by atoms with E-state index in [2.05, 4.69) is 25.3 Å². The van der Waals surface area contributed by atoms with Crippen LogP contribution in [0.4, 0.5) is 11.6 Å². The van der Waals surface area contributed by atoms with Gasteiger partial charge in [0.05, 0.1) is 17.3 Å². The number of benzene rings is 1. The van der Waals surface area contributed by atoms with Crippen LogP contribution in [0.2, 0.25) is 5.02 Å². The van der Waals surface area contributed by atoms with Crippen molar-refractivity contribution in [3.8, 4) is 11.5 Å². The van der Waals surface area contributed by atoms with E-state index in [1.165, 1.54) is 7.05 Å². The van der Waals surface area contributed by atoms with Gasteiger partial charge in [0.25, 0.3) is 0 Å². The molecule has 0 aliphatic heterocycles. The quantitative estimate of drug-likeness (QED) is 0.472. The van der Waals surface area contributed by atoms with Crippen molar-refractivity contribution >= 4 is 44.3 Å². The predicted octanol–water partition coefficient (Wildman–Crippen LogP) is 3.68. The summed E-state index contributed by atoms with van der Waals surface area (Å²) < 4.78 is 24.9. The molecule has 0 unspecified atom stereocenters. The van der Waals surface area contributed by atoms with Gasteiger partial charge in [-0.25, -0.2) is 23.4 Å². The van der Waals surface area contributed by atoms with Crippen molar-refractivity contribution in [1.29, 1.82) is 0 Å². The highest BCUT2D eigenvalue weighted by molar-refractivity contribution is 7.92. The third-order valence-corrected chi connectivity index (χ3v) is 5.96. The van der Waals surface area contributed by atoms with Gasteiger partial charge in [-0.2, -0.15) is 0 Å². The fourth-order valence-electron chi connectivity index (χ4n) is 2.96. The lowest BCUT2D eigenvalue weighted by molar-refractivity contribution is 0.599. The van der Waals surface area contributed by atoms with Crippen molar-refractivity contribution in [3.63, 3.8) is 0 Å². The van der Waals surface area contributed by atoms with Gasteiger partial charge in [0.1, 0.15) is 17.3 Å². The number of aromatic amines is 1. The Morgan fingerprint density at radius 2 is 1.97 bits per heavy atom. The van der Waals surface area contributed by atoms with Crippen LogP contribution in [0.1, 0.15) is 5.56 Å². The zero-order valence-corrected chi connectivity index (χ0v) is 17.9. The molecule has 0 radical (unpaired) electrons. The van der Waals surface area contributed by atoms with Crippen molar-refractivity contribution in [2.24, 2.45) is 0 Å². The smallest absolute Gasteiger partial charge is 0.233 e. The Bertz CT molecular complexity index is 1320. The molecule has 3 aromatic heterocycles. The molecule has 4 aromatic rings. The maximum Gasteiger partial charge on any atom is 0.233 e. The van der Waals surface area contributed by atoms with Crippen molar-refractivity contribution in [3.05, 3.63) is 65.3 Å². The van der Waals surface area contributed by atoms with Crippen LogP contribution in [-0.2, 0) is 16.6 Å². The molecule has 0 spiro atoms. The molecular weight excluding hydrogens is 424 g/mol. The summed E-state index contributed by atoms with van der Waals surface area (Å²) in [7, 11) is -1.93. The zero-order valence-electron chi connectivity index (χ0n) is 16.3. The average Bonchev–Trinajstić information content (AvgIpc) is 3.15. The minimum atomic E-state index is -3.41. The second-order valence-electron chi connectivity index (χ2n) is 6.73. The first-order chi connectivity index (χ1) is 14.3. The second-order valence-corrected chi connectivity index (χ2v) is 9.18. The average molecular weight is 443 g/mol. The molecule has 0 atom stereocenters. The highest BCUT2D eigenvalue weighted by atomic mass is 35.5. The van der Waals surface area contributed by atoms with Crippen molar-refractivity contribution in [1.82, 2.24) is 19.9 Å². The lowest BCUT2D eigenvalue weighted by Crippen LogP contribution is -2.27. The molecule has 0 saturated carbocycles. The van der Waals surface area contributed by atoms with Crippen LogP contribution < -0.4 is 9.62 Å². The number of halogens is 1. The number of nitrogens with zero attached hydrogens (tertiary/aromatic N) is 4. The first-order valence-electron chi connectivity index (χ1n) is 9.05. The number of hydrogen-bond acceptors (Lipinski definition) is 6. The van der Waals surface area contributed by atoms with E-state index in [0.29, 0.717) is 34.7 Å². The van der Waals surface area contributed by atoms with Gasteiger partial charge >= 0.3 is 0 Å². The number of sulfonamides is 1. The number of anilines is 2. The number of imidazole rings is 1. The Morgan fingerprint density at radius 3 is 2.77 bits per heavy atom. The van der Waals surface area contributed by atoms with Gasteiger partial charge < -0.3 is 10.3 Å². The maximum atomic E-state index is 11.9. The van der Waals surface area contributed by atoms with Gasteiger partial charge in [0.15, 0.2) is 5.82 Å². The molecule has 0 amide bonds. The standard InChI is InChI=1S/C20H19ClN6O2S/c1-27(30(2,28)29)20-13(5-4-10-22-20)12-23-18-7-3-6-16(24-18)19-25-15-9-8-14(21)11-17(15)26-19/h3-11H,12H2,1-2H3,(H,23,24)(H,25,26). The molecule has 0 aliphatic carbocycles. The summed E-state index contributed by atoms with van der Waals surface area (Å²) in [6, 6.07) is 14.6. The van der Waals surface area contributed by atoms with Crippen molar-refractivity contribution < 1.29 is 8.42 Å². The van der Waals surface area contributed by atoms with E-state index in [4.69, 9.17) is 11.6 Å². The number of hydrogen-bond donors (Lipinski definition) is 2. The molecular formula is C20H19ClN6O2S. The van der Waals surface area contributed by atoms with Crippen LogP contribution in [0.25, 0.3) is 22.6 Å². The Balaban J connectivity index is 1.57. The van der Waals surface area contributed by atoms with Crippen LogP contribution in [-0.4, -0.2) is 41.7 Å². The summed E-state index contributed by atoms with van der Waals surface area (Å²) >= 11 is 6.04. The van der Waals surface area contributed by atoms with Gasteiger partial charge in [0, 0.05) is 30.4 Å². The number of rotatable bonds is 6. The summed E-state index contributed by atoms with van der Waals surface area (Å²) in [6.45, 7) is 0.356. The predicted molar refractivity (Wildman–Crippen MR) is 119 cm³/mol. The summed E-state index contributed by atoms with van der Waals surface area (Å²) in [4.78, 5) is 16.6. The van der Waals surface area contributed by atoms with E-state index < -0.39 is 10.0 Å². The first kappa shape index (κ1) is 20.1. The van der Waals surface area contributed by atoms with E-state index in [-0.39, 0.29) is 0 Å². The number of nitrogens with one attached hydrogen (secondary N) is 2. The summed E-state index contributed by atoms with van der Waals surface area (Å²) in [5.74, 6) is 1.63. The molecule has 3 heterocycles. The molecule has 0 bridgehead atoms. The Hall–Kier alpha value is -3.17. The van der Waals surface area contributed by atoms with Crippen LogP contribution in [0.5, 0.6) is 0 Å². The molecule has 2 N–H and O–H groups in total. The Kier molecular flexibility index (Phi) is 5.31. The van der Waals surface area contributed by atoms with Gasteiger partial charge in [-0.15, -0.1) is 0 Å². The monoisotopic (exact) mass is 442 g/mol. The zero-order chi connectivity index (χ0) is 21.3.